The van der Waals surface area contributed by atoms with Crippen LogP contribution >= 0.6 is 0 Å². The first kappa shape index (κ1) is 24.5. The number of carbonyl (C=O) groups excluding carboxylic acids is 2. The third-order valence-electron chi connectivity index (χ3n) is 7.13. The summed E-state index contributed by atoms with van der Waals surface area (Å²) in [6.45, 7) is 4.34. The number of carbonyl (C=O) groups is 3. The number of carboxylic acid groups (broad SMARTS) is 1. The van der Waals surface area contributed by atoms with Gasteiger partial charge in [0.15, 0.2) is 0 Å². The highest BCUT2D eigenvalue weighted by Crippen LogP contribution is 2.44. The summed E-state index contributed by atoms with van der Waals surface area (Å²) in [6.07, 6.45) is 3.30. The second-order valence-corrected chi connectivity index (χ2v) is 9.24. The number of hydrogen-bond acceptors (Lipinski definition) is 4. The van der Waals surface area contributed by atoms with Crippen molar-refractivity contribution in [2.75, 3.05) is 19.7 Å². The molecule has 1 saturated heterocycles. The molecule has 1 unspecified atom stereocenters. The molecule has 4 rings (SSSR count). The lowest BCUT2D eigenvalue weighted by atomic mass is 9.90. The molecular formula is C28H32N2O5. The molecule has 0 spiro atoms. The third-order valence-corrected chi connectivity index (χ3v) is 7.13. The number of ether oxygens (including phenoxy) is 1. The van der Waals surface area contributed by atoms with Gasteiger partial charge in [0.2, 0.25) is 5.91 Å². The molecule has 1 fully saturated rings. The Hall–Kier alpha value is -3.61. The van der Waals surface area contributed by atoms with Gasteiger partial charge in [-0.05, 0) is 48.4 Å². The average molecular weight is 477 g/mol. The summed E-state index contributed by atoms with van der Waals surface area (Å²) in [5.41, 5.74) is 3.88. The van der Waals surface area contributed by atoms with Gasteiger partial charge in [-0.2, -0.15) is 0 Å². The van der Waals surface area contributed by atoms with Crippen molar-refractivity contribution in [3.05, 3.63) is 71.3 Å². The number of alkyl carbamates (subject to hydrolysis) is 1. The van der Waals surface area contributed by atoms with Gasteiger partial charge < -0.3 is 20.1 Å². The van der Waals surface area contributed by atoms with Gasteiger partial charge in [0.25, 0.3) is 0 Å². The Kier molecular flexibility index (Phi) is 7.24. The van der Waals surface area contributed by atoms with E-state index in [0.717, 1.165) is 22.3 Å². The first-order chi connectivity index (χ1) is 16.9. The maximum atomic E-state index is 13.0. The number of benzene rings is 2. The molecule has 1 aliphatic carbocycles. The number of nitrogens with one attached hydrogen (secondary N) is 1. The van der Waals surface area contributed by atoms with Crippen LogP contribution in [-0.2, 0) is 14.3 Å². The minimum atomic E-state index is -1.14. The molecule has 0 aromatic heterocycles. The second kappa shape index (κ2) is 10.3. The predicted molar refractivity (Wildman–Crippen MR) is 133 cm³/mol. The Bertz CT molecular complexity index is 1110. The lowest BCUT2D eigenvalue weighted by molar-refractivity contribution is -0.155. The quantitative estimate of drug-likeness (QED) is 0.538. The van der Waals surface area contributed by atoms with Crippen LogP contribution in [0.4, 0.5) is 4.79 Å². The van der Waals surface area contributed by atoms with E-state index in [-0.39, 0.29) is 25.0 Å². The van der Waals surface area contributed by atoms with Crippen molar-refractivity contribution < 1.29 is 24.2 Å². The first-order valence-electron chi connectivity index (χ1n) is 12.2. The van der Waals surface area contributed by atoms with E-state index in [2.05, 4.69) is 29.6 Å². The zero-order valence-electron chi connectivity index (χ0n) is 20.3. The van der Waals surface area contributed by atoms with Crippen LogP contribution in [0.1, 0.15) is 56.6 Å². The molecule has 184 valence electrons. The van der Waals surface area contributed by atoms with Crippen LogP contribution in [0.25, 0.3) is 11.1 Å². The predicted octanol–water partition coefficient (Wildman–Crippen LogP) is 4.72. The van der Waals surface area contributed by atoms with Crippen molar-refractivity contribution in [2.24, 2.45) is 0 Å². The fraction of sp³-hybridized carbons (Fsp3) is 0.393. The minimum absolute atomic E-state index is 0.0233. The van der Waals surface area contributed by atoms with E-state index in [0.29, 0.717) is 37.8 Å². The number of aliphatic carboxylic acids is 1. The van der Waals surface area contributed by atoms with Gasteiger partial charge in [-0.25, -0.2) is 9.59 Å². The van der Waals surface area contributed by atoms with E-state index in [4.69, 9.17) is 4.74 Å². The van der Waals surface area contributed by atoms with E-state index in [1.165, 1.54) is 4.90 Å². The van der Waals surface area contributed by atoms with Crippen molar-refractivity contribution in [2.45, 2.75) is 51.0 Å². The molecule has 2 aromatic rings. The number of nitrogens with zero attached hydrogens (tertiary/aromatic N) is 1. The molecule has 0 radical (unpaired) electrons. The Morgan fingerprint density at radius 1 is 1.11 bits per heavy atom. The molecule has 2 amide bonds. The number of rotatable bonds is 8. The van der Waals surface area contributed by atoms with E-state index in [1.807, 2.05) is 31.2 Å². The number of likely N-dealkylation sites (tertiary alicyclic amines) is 1. The maximum Gasteiger partial charge on any atom is 0.407 e. The van der Waals surface area contributed by atoms with Gasteiger partial charge in [-0.3, -0.25) is 4.79 Å². The van der Waals surface area contributed by atoms with Gasteiger partial charge in [-0.15, -0.1) is 0 Å². The van der Waals surface area contributed by atoms with Gasteiger partial charge in [0.05, 0.1) is 0 Å². The molecule has 2 aliphatic rings. The lowest BCUT2D eigenvalue weighted by Gasteiger charge is -2.35. The Labute approximate surface area is 205 Å². The number of fused-ring (bicyclic) bond motifs is 3. The molecule has 2 N–H and O–H groups in total. The van der Waals surface area contributed by atoms with Crippen molar-refractivity contribution in [1.82, 2.24) is 10.2 Å². The lowest BCUT2D eigenvalue weighted by Crippen LogP contribution is -2.53. The van der Waals surface area contributed by atoms with Crippen molar-refractivity contribution in [3.8, 4) is 11.1 Å². The topological polar surface area (TPSA) is 95.9 Å². The molecular weight excluding hydrogens is 444 g/mol. The summed E-state index contributed by atoms with van der Waals surface area (Å²) >= 11 is 0. The Morgan fingerprint density at radius 3 is 2.34 bits per heavy atom. The Morgan fingerprint density at radius 2 is 1.74 bits per heavy atom. The molecule has 1 atom stereocenters. The average Bonchev–Trinajstić information content (AvgIpc) is 3.42. The van der Waals surface area contributed by atoms with Crippen molar-refractivity contribution in [1.29, 1.82) is 0 Å². The summed E-state index contributed by atoms with van der Waals surface area (Å²) in [5.74, 6) is -1.27. The summed E-state index contributed by atoms with van der Waals surface area (Å²) < 4.78 is 5.53. The van der Waals surface area contributed by atoms with E-state index >= 15 is 0 Å². The standard InChI is InChI=1S/C28H32N2O5/c1-3-14-28(26(32)33)15-8-17-30(28)25(31)19(2)13-16-29-27(34)35-18-24-22-11-6-4-9-20(22)21-10-5-7-12-23(21)24/h4-7,9-13,24H,3,8,14-18H2,1-2H3,(H,29,34)(H,32,33)/b19-13+. The molecule has 35 heavy (non-hydrogen) atoms. The van der Waals surface area contributed by atoms with Gasteiger partial charge in [-0.1, -0.05) is 68.0 Å². The SMILES string of the molecule is CCCC1(C(=O)O)CCCN1C(=O)/C(C)=C/CNC(=O)OCC1c2ccccc2-c2ccccc21. The number of hydrogen-bond donors (Lipinski definition) is 2. The molecule has 1 aliphatic heterocycles. The molecule has 1 heterocycles. The zero-order valence-corrected chi connectivity index (χ0v) is 20.3. The maximum absolute atomic E-state index is 13.0. The minimum Gasteiger partial charge on any atom is -0.479 e. The van der Waals surface area contributed by atoms with Crippen LogP contribution in [0, 0.1) is 0 Å². The van der Waals surface area contributed by atoms with Gasteiger partial charge in [0, 0.05) is 24.6 Å². The molecule has 7 nitrogen and oxygen atoms in total. The van der Waals surface area contributed by atoms with Crippen LogP contribution in [0.2, 0.25) is 0 Å². The summed E-state index contributed by atoms with van der Waals surface area (Å²) in [5, 5.41) is 12.5. The van der Waals surface area contributed by atoms with E-state index in [1.54, 1.807) is 13.0 Å². The largest absolute Gasteiger partial charge is 0.479 e. The van der Waals surface area contributed by atoms with Crippen LogP contribution in [0.15, 0.2) is 60.2 Å². The van der Waals surface area contributed by atoms with Gasteiger partial charge in [0.1, 0.15) is 12.1 Å². The third kappa shape index (κ3) is 4.67. The van der Waals surface area contributed by atoms with Crippen molar-refractivity contribution in [3.63, 3.8) is 0 Å². The van der Waals surface area contributed by atoms with Crippen molar-refractivity contribution >= 4 is 18.0 Å². The summed E-state index contributed by atoms with van der Waals surface area (Å²) in [7, 11) is 0. The highest BCUT2D eigenvalue weighted by molar-refractivity contribution is 5.97. The summed E-state index contributed by atoms with van der Waals surface area (Å²) in [4.78, 5) is 38.9. The Balaban J connectivity index is 1.34. The number of carboxylic acids is 1. The highest BCUT2D eigenvalue weighted by Gasteiger charge is 2.49. The van der Waals surface area contributed by atoms with Crippen LogP contribution in [-0.4, -0.2) is 53.2 Å². The fourth-order valence-electron chi connectivity index (χ4n) is 5.41. The van der Waals surface area contributed by atoms with Gasteiger partial charge >= 0.3 is 12.1 Å². The summed E-state index contributed by atoms with van der Waals surface area (Å²) in [6, 6.07) is 16.3. The molecule has 0 bridgehead atoms. The normalized spacial score (nSPS) is 19.3. The number of amides is 2. The first-order valence-corrected chi connectivity index (χ1v) is 12.2. The fourth-order valence-corrected chi connectivity index (χ4v) is 5.41. The monoisotopic (exact) mass is 476 g/mol. The molecule has 2 aromatic carbocycles. The van der Waals surface area contributed by atoms with Crippen LogP contribution < -0.4 is 5.32 Å². The molecule has 0 saturated carbocycles. The smallest absolute Gasteiger partial charge is 0.407 e. The molecule has 7 heteroatoms. The van der Waals surface area contributed by atoms with E-state index < -0.39 is 17.6 Å². The second-order valence-electron chi connectivity index (χ2n) is 9.24. The zero-order chi connectivity index (χ0) is 25.0. The highest BCUT2D eigenvalue weighted by atomic mass is 16.5. The van der Waals surface area contributed by atoms with Crippen LogP contribution in [0.3, 0.4) is 0 Å². The van der Waals surface area contributed by atoms with Crippen LogP contribution in [0.5, 0.6) is 0 Å². The van der Waals surface area contributed by atoms with E-state index in [9.17, 15) is 19.5 Å².